The lowest BCUT2D eigenvalue weighted by Crippen LogP contribution is -2.47. The van der Waals surface area contributed by atoms with Crippen molar-refractivity contribution in [1.29, 1.82) is 0 Å². The van der Waals surface area contributed by atoms with Gasteiger partial charge in [-0.1, -0.05) is 187 Å². The normalized spacial score (nSPS) is 18.9. The van der Waals surface area contributed by atoms with Gasteiger partial charge in [0, 0.05) is 6.54 Å². The molecule has 4 atom stereocenters. The molecular weight excluding hydrogens is 835 g/mol. The van der Waals surface area contributed by atoms with Crippen molar-refractivity contribution < 1.29 is 16.8 Å². The van der Waals surface area contributed by atoms with Gasteiger partial charge in [0.25, 0.3) is 20.0 Å². The summed E-state index contributed by atoms with van der Waals surface area (Å²) >= 11 is 0. The van der Waals surface area contributed by atoms with E-state index in [0.29, 0.717) is 18.2 Å². The van der Waals surface area contributed by atoms with E-state index in [9.17, 15) is 0 Å². The average molecular weight is 884 g/mol. The Morgan fingerprint density at radius 2 is 0.719 bits per heavy atom. The van der Waals surface area contributed by atoms with Crippen LogP contribution in [0.4, 0.5) is 0 Å². The summed E-state index contributed by atoms with van der Waals surface area (Å²) in [6.07, 6.45) is 0. The van der Waals surface area contributed by atoms with Crippen LogP contribution < -0.4 is 0 Å². The molecule has 64 heavy (non-hydrogen) atoms. The first-order valence-electron chi connectivity index (χ1n) is 21.4. The Kier molecular flexibility index (Phi) is 12.1. The third kappa shape index (κ3) is 8.66. The van der Waals surface area contributed by atoms with E-state index in [2.05, 4.69) is 4.90 Å². The minimum atomic E-state index is -4.21. The van der Waals surface area contributed by atoms with E-state index in [0.717, 1.165) is 38.9 Å². The Hall–Kier alpha value is -6.66. The summed E-state index contributed by atoms with van der Waals surface area (Å²) in [7, 11) is -8.42. The molecular formula is C53H49N5O4S2. The molecule has 0 N–H and O–H groups in total. The Morgan fingerprint density at radius 3 is 1.06 bits per heavy atom. The molecule has 2 aliphatic heterocycles. The number of amidine groups is 2. The second kappa shape index (κ2) is 18.2. The Labute approximate surface area is 376 Å². The second-order valence-electron chi connectivity index (χ2n) is 16.4. The van der Waals surface area contributed by atoms with Gasteiger partial charge in [-0.15, -0.1) is 0 Å². The van der Waals surface area contributed by atoms with Gasteiger partial charge >= 0.3 is 0 Å². The second-order valence-corrected chi connectivity index (χ2v) is 20.0. The number of sulfonamides is 2. The van der Waals surface area contributed by atoms with E-state index in [4.69, 9.17) is 9.98 Å². The predicted octanol–water partition coefficient (Wildman–Crippen LogP) is 10.3. The molecule has 0 saturated carbocycles. The fraction of sp³-hybridized carbons (Fsp3) is 0.170. The molecule has 0 saturated heterocycles. The molecule has 7 aromatic rings. The molecule has 2 heterocycles. The van der Waals surface area contributed by atoms with Gasteiger partial charge in [0.15, 0.2) is 0 Å². The van der Waals surface area contributed by atoms with Crippen molar-refractivity contribution in [2.45, 2.75) is 54.4 Å². The molecule has 0 fully saturated rings. The highest BCUT2D eigenvalue weighted by Crippen LogP contribution is 2.47. The van der Waals surface area contributed by atoms with Crippen molar-refractivity contribution in [1.82, 2.24) is 13.5 Å². The van der Waals surface area contributed by atoms with E-state index in [1.54, 1.807) is 48.5 Å². The standard InChI is InChI=1S/C53H49N5O4S2/c1-39-28-32-46(33-29-39)63(59,60)57-48(54-50(42-20-10-4-11-21-42)52(57)44-24-14-6-15-25-44)37-56(36-41-18-8-3-9-19-41)38-49-55-51(43-22-12-5-13-23-43)53(45-26-16-7-17-27-45)58(49)64(61,62)47-34-30-40(2)31-35-47/h3-35,50-53H,36-38H2,1-2H3/t50-,51-,52-,53-/m1/s1. The van der Waals surface area contributed by atoms with Crippen LogP contribution in [0.1, 0.15) is 63.1 Å². The first-order chi connectivity index (χ1) is 31.1. The molecule has 9 nitrogen and oxygen atoms in total. The first-order valence-corrected chi connectivity index (χ1v) is 24.3. The first kappa shape index (κ1) is 42.6. The zero-order valence-corrected chi connectivity index (χ0v) is 37.3. The summed E-state index contributed by atoms with van der Waals surface area (Å²) < 4.78 is 64.1. The number of hydrogen-bond acceptors (Lipinski definition) is 7. The predicted molar refractivity (Wildman–Crippen MR) is 254 cm³/mol. The van der Waals surface area contributed by atoms with Crippen LogP contribution in [0.15, 0.2) is 220 Å². The van der Waals surface area contributed by atoms with Crippen molar-refractivity contribution in [3.8, 4) is 0 Å². The quantitative estimate of drug-likeness (QED) is 0.108. The molecule has 0 spiro atoms. The SMILES string of the molecule is Cc1ccc(S(=O)(=O)N2C(CN(CC3=N[C@H](c4ccccc4)[C@@H](c4ccccc4)N3S(=O)(=O)c3ccc(C)cc3)Cc3ccccc3)=N[C@H](c3ccccc3)[C@H]2c2ccccc2)cc1. The molecule has 0 aliphatic carbocycles. The zero-order valence-electron chi connectivity index (χ0n) is 35.7. The van der Waals surface area contributed by atoms with E-state index < -0.39 is 44.2 Å². The van der Waals surface area contributed by atoms with E-state index >= 15 is 16.8 Å². The van der Waals surface area contributed by atoms with Gasteiger partial charge in [-0.3, -0.25) is 14.9 Å². The van der Waals surface area contributed by atoms with Crippen LogP contribution >= 0.6 is 0 Å². The molecule has 0 unspecified atom stereocenters. The molecule has 322 valence electrons. The molecule has 11 heteroatoms. The minimum absolute atomic E-state index is 0.0517. The van der Waals surface area contributed by atoms with Crippen molar-refractivity contribution in [3.63, 3.8) is 0 Å². The molecule has 7 aromatic carbocycles. The lowest BCUT2D eigenvalue weighted by Gasteiger charge is -2.34. The Bertz CT molecular complexity index is 2790. The summed E-state index contributed by atoms with van der Waals surface area (Å²) in [6.45, 7) is 4.30. The van der Waals surface area contributed by atoms with Gasteiger partial charge in [0.1, 0.15) is 23.8 Å². The number of benzene rings is 7. The fourth-order valence-electron chi connectivity index (χ4n) is 8.76. The molecule has 0 amide bonds. The fourth-order valence-corrected chi connectivity index (χ4v) is 12.0. The highest BCUT2D eigenvalue weighted by Gasteiger charge is 2.48. The van der Waals surface area contributed by atoms with Gasteiger partial charge < -0.3 is 0 Å². The van der Waals surface area contributed by atoms with Gasteiger partial charge in [-0.05, 0) is 65.9 Å². The maximum Gasteiger partial charge on any atom is 0.265 e. The summed E-state index contributed by atoms with van der Waals surface area (Å²) in [6, 6.07) is 60.1. The molecule has 0 bridgehead atoms. The van der Waals surface area contributed by atoms with Gasteiger partial charge in [0.2, 0.25) is 0 Å². The zero-order chi connectivity index (χ0) is 44.3. The third-order valence-corrected chi connectivity index (χ3v) is 15.5. The summed E-state index contributed by atoms with van der Waals surface area (Å²) in [5.74, 6) is 0.676. The van der Waals surface area contributed by atoms with Crippen LogP contribution in [0, 0.1) is 13.8 Å². The number of rotatable bonds is 14. The monoisotopic (exact) mass is 883 g/mol. The molecule has 0 radical (unpaired) electrons. The van der Waals surface area contributed by atoms with Gasteiger partial charge in [-0.25, -0.2) is 25.4 Å². The van der Waals surface area contributed by atoms with Gasteiger partial charge in [0.05, 0.1) is 35.0 Å². The van der Waals surface area contributed by atoms with E-state index in [-0.39, 0.29) is 22.9 Å². The minimum Gasteiger partial charge on any atom is -0.284 e. The third-order valence-electron chi connectivity index (χ3n) is 11.9. The number of aryl methyl sites for hydroxylation is 2. The number of hydrogen-bond donors (Lipinski definition) is 0. The van der Waals surface area contributed by atoms with Crippen LogP contribution in [-0.4, -0.2) is 55.1 Å². The summed E-state index contributed by atoms with van der Waals surface area (Å²) in [4.78, 5) is 13.1. The van der Waals surface area contributed by atoms with Gasteiger partial charge in [-0.2, -0.15) is 0 Å². The smallest absolute Gasteiger partial charge is 0.265 e. The maximum absolute atomic E-state index is 15.3. The van der Waals surface area contributed by atoms with Crippen LogP contribution in [0.5, 0.6) is 0 Å². The number of nitrogens with zero attached hydrogens (tertiary/aromatic N) is 5. The lowest BCUT2D eigenvalue weighted by atomic mass is 9.95. The highest BCUT2D eigenvalue weighted by molar-refractivity contribution is 7.90. The van der Waals surface area contributed by atoms with Crippen LogP contribution in [0.25, 0.3) is 0 Å². The molecule has 9 rings (SSSR count). The Morgan fingerprint density at radius 1 is 0.406 bits per heavy atom. The van der Waals surface area contributed by atoms with Crippen molar-refractivity contribution in [2.75, 3.05) is 13.1 Å². The van der Waals surface area contributed by atoms with Crippen molar-refractivity contribution in [2.24, 2.45) is 9.98 Å². The Balaban J connectivity index is 1.21. The maximum atomic E-state index is 15.3. The van der Waals surface area contributed by atoms with Crippen LogP contribution in [0.3, 0.4) is 0 Å². The van der Waals surface area contributed by atoms with Crippen molar-refractivity contribution in [3.05, 3.63) is 239 Å². The summed E-state index contributed by atoms with van der Waals surface area (Å²) in [5, 5.41) is 0. The molecule has 0 aromatic heterocycles. The van der Waals surface area contributed by atoms with E-state index in [1.807, 2.05) is 166 Å². The number of aliphatic imine (C=N–C) groups is 2. The summed E-state index contributed by atoms with van der Waals surface area (Å²) in [5.41, 5.74) is 6.18. The molecule has 2 aliphatic rings. The van der Waals surface area contributed by atoms with E-state index in [1.165, 1.54) is 8.61 Å². The largest absolute Gasteiger partial charge is 0.284 e. The van der Waals surface area contributed by atoms with Crippen molar-refractivity contribution >= 4 is 31.7 Å². The van der Waals surface area contributed by atoms with Crippen LogP contribution in [0.2, 0.25) is 0 Å². The topological polar surface area (TPSA) is 103 Å². The average Bonchev–Trinajstić information content (AvgIpc) is 3.91. The lowest BCUT2D eigenvalue weighted by molar-refractivity contribution is 0.323. The van der Waals surface area contributed by atoms with Crippen LogP contribution in [-0.2, 0) is 26.6 Å². The highest BCUT2D eigenvalue weighted by atomic mass is 32.2.